The van der Waals surface area contributed by atoms with E-state index in [0.29, 0.717) is 22.6 Å². The third-order valence-corrected chi connectivity index (χ3v) is 4.63. The highest BCUT2D eigenvalue weighted by Crippen LogP contribution is 2.35. The highest BCUT2D eigenvalue weighted by Gasteiger charge is 2.19. The van der Waals surface area contributed by atoms with E-state index in [9.17, 15) is 4.39 Å². The molecule has 1 N–H and O–H groups in total. The van der Waals surface area contributed by atoms with Gasteiger partial charge in [-0.25, -0.2) is 14.5 Å². The Kier molecular flexibility index (Phi) is 4.17. The van der Waals surface area contributed by atoms with Gasteiger partial charge in [-0.05, 0) is 37.1 Å². The molecule has 0 saturated carbocycles. The van der Waals surface area contributed by atoms with Crippen molar-refractivity contribution in [3.05, 3.63) is 40.2 Å². The maximum absolute atomic E-state index is 13.5. The number of aromatic nitrogens is 4. The molecule has 3 aromatic rings. The van der Waals surface area contributed by atoms with E-state index in [1.807, 2.05) is 6.07 Å². The van der Waals surface area contributed by atoms with Crippen molar-refractivity contribution in [2.45, 2.75) is 26.7 Å². The van der Waals surface area contributed by atoms with Crippen molar-refractivity contribution < 1.29 is 4.39 Å². The Labute approximate surface area is 136 Å². The first-order chi connectivity index (χ1) is 11.1. The summed E-state index contributed by atoms with van der Waals surface area (Å²) >= 11 is 1.54. The van der Waals surface area contributed by atoms with E-state index in [-0.39, 0.29) is 5.82 Å². The lowest BCUT2D eigenvalue weighted by atomic mass is 10.1. The summed E-state index contributed by atoms with van der Waals surface area (Å²) in [5.74, 6) is -0.234. The van der Waals surface area contributed by atoms with Crippen molar-refractivity contribution in [2.24, 2.45) is 0 Å². The molecule has 2 heterocycles. The molecule has 0 saturated heterocycles. The Morgan fingerprint density at radius 2 is 2.17 bits per heavy atom. The number of nitrogens with one attached hydrogen (secondary N) is 1. The van der Waals surface area contributed by atoms with Crippen molar-refractivity contribution in [2.75, 3.05) is 0 Å². The molecule has 0 unspecified atom stereocenters. The van der Waals surface area contributed by atoms with Gasteiger partial charge < -0.3 is 0 Å². The molecule has 0 atom stereocenters. The normalized spacial score (nSPS) is 10.7. The number of hydrogen-bond donors (Lipinski definition) is 1. The summed E-state index contributed by atoms with van der Waals surface area (Å²) in [5.41, 5.74) is 2.89. The number of benzene rings is 1. The van der Waals surface area contributed by atoms with Gasteiger partial charge >= 0.3 is 0 Å². The molecule has 7 heteroatoms. The summed E-state index contributed by atoms with van der Waals surface area (Å²) in [7, 11) is 0. The second kappa shape index (κ2) is 6.26. The van der Waals surface area contributed by atoms with Crippen molar-refractivity contribution in [1.82, 2.24) is 20.4 Å². The first-order valence-electron chi connectivity index (χ1n) is 7.21. The van der Waals surface area contributed by atoms with Crippen LogP contribution in [0, 0.1) is 24.1 Å². The zero-order valence-corrected chi connectivity index (χ0v) is 13.5. The third-order valence-electron chi connectivity index (χ3n) is 3.46. The Morgan fingerprint density at radius 1 is 1.35 bits per heavy atom. The number of H-pyrrole nitrogens is 1. The first-order valence-corrected chi connectivity index (χ1v) is 8.03. The summed E-state index contributed by atoms with van der Waals surface area (Å²) in [4.78, 5) is 5.69. The molecular formula is C16H14FN5S. The van der Waals surface area contributed by atoms with Crippen LogP contribution in [0.25, 0.3) is 22.0 Å². The summed E-state index contributed by atoms with van der Waals surface area (Å²) in [6, 6.07) is 6.99. The van der Waals surface area contributed by atoms with Crippen LogP contribution in [0.15, 0.2) is 18.2 Å². The van der Waals surface area contributed by atoms with Crippen LogP contribution in [-0.2, 0) is 6.42 Å². The predicted octanol–water partition coefficient (Wildman–Crippen LogP) is 3.87. The van der Waals surface area contributed by atoms with E-state index in [1.54, 1.807) is 30.4 Å². The van der Waals surface area contributed by atoms with Crippen LogP contribution >= 0.6 is 11.3 Å². The Balaban J connectivity index is 2.12. The number of aromatic amines is 1. The summed E-state index contributed by atoms with van der Waals surface area (Å²) in [5, 5.41) is 20.2. The van der Waals surface area contributed by atoms with Crippen molar-refractivity contribution >= 4 is 11.3 Å². The standard InChI is InChI=1S/C16H14FN5S/c1-3-4-13-15(14-12(8-18)20-22-21-14)19-16(23-13)10-5-6-11(17)9(2)7-10/h5-7H,3-4H2,1-2H3,(H,20,21,22). The van der Waals surface area contributed by atoms with Crippen LogP contribution in [0.5, 0.6) is 0 Å². The summed E-state index contributed by atoms with van der Waals surface area (Å²) in [6.07, 6.45) is 1.79. The second-order valence-electron chi connectivity index (χ2n) is 5.15. The molecule has 23 heavy (non-hydrogen) atoms. The quantitative estimate of drug-likeness (QED) is 0.789. The summed E-state index contributed by atoms with van der Waals surface area (Å²) < 4.78 is 13.5. The molecule has 0 aliphatic heterocycles. The first kappa shape index (κ1) is 15.3. The van der Waals surface area contributed by atoms with Gasteiger partial charge in [0, 0.05) is 10.4 Å². The van der Waals surface area contributed by atoms with Crippen molar-refractivity contribution in [3.63, 3.8) is 0 Å². The summed E-state index contributed by atoms with van der Waals surface area (Å²) in [6.45, 7) is 3.81. The fraction of sp³-hybridized carbons (Fsp3) is 0.250. The van der Waals surface area contributed by atoms with Gasteiger partial charge in [0.05, 0.1) is 0 Å². The smallest absolute Gasteiger partial charge is 0.165 e. The van der Waals surface area contributed by atoms with Crippen LogP contribution < -0.4 is 0 Å². The monoisotopic (exact) mass is 327 g/mol. The molecule has 2 aromatic heterocycles. The van der Waals surface area contributed by atoms with Gasteiger partial charge in [-0.15, -0.1) is 16.4 Å². The minimum absolute atomic E-state index is 0.234. The zero-order valence-electron chi connectivity index (χ0n) is 12.7. The number of nitriles is 1. The van der Waals surface area contributed by atoms with Gasteiger partial charge in [0.1, 0.15) is 28.3 Å². The maximum Gasteiger partial charge on any atom is 0.165 e. The number of rotatable bonds is 4. The zero-order chi connectivity index (χ0) is 16.4. The fourth-order valence-corrected chi connectivity index (χ4v) is 3.47. The van der Waals surface area contributed by atoms with Gasteiger partial charge in [0.25, 0.3) is 0 Å². The van der Waals surface area contributed by atoms with Gasteiger partial charge in [0.15, 0.2) is 5.69 Å². The van der Waals surface area contributed by atoms with Crippen molar-refractivity contribution in [1.29, 1.82) is 5.26 Å². The van der Waals surface area contributed by atoms with E-state index in [0.717, 1.165) is 28.3 Å². The molecule has 0 aliphatic carbocycles. The van der Waals surface area contributed by atoms with E-state index < -0.39 is 0 Å². The van der Waals surface area contributed by atoms with Gasteiger partial charge in [-0.1, -0.05) is 18.6 Å². The predicted molar refractivity (Wildman–Crippen MR) is 86.3 cm³/mol. The van der Waals surface area contributed by atoms with Gasteiger partial charge in [-0.2, -0.15) is 5.26 Å². The lowest BCUT2D eigenvalue weighted by Gasteiger charge is -1.99. The molecule has 0 amide bonds. The van der Waals surface area contributed by atoms with E-state index >= 15 is 0 Å². The third kappa shape index (κ3) is 2.85. The maximum atomic E-state index is 13.5. The SMILES string of the molecule is CCCc1sc(-c2ccc(F)c(C)c2)nc1-c1nn[nH]c1C#N. The van der Waals surface area contributed by atoms with E-state index in [1.165, 1.54) is 6.07 Å². The number of halogens is 1. The Hall–Kier alpha value is -2.59. The van der Waals surface area contributed by atoms with Gasteiger partial charge in [-0.3, -0.25) is 0 Å². The fourth-order valence-electron chi connectivity index (χ4n) is 2.31. The average Bonchev–Trinajstić information content (AvgIpc) is 3.16. The molecule has 0 bridgehead atoms. The Morgan fingerprint density at radius 3 is 2.87 bits per heavy atom. The molecule has 0 fully saturated rings. The van der Waals surface area contributed by atoms with Crippen molar-refractivity contribution in [3.8, 4) is 28.0 Å². The molecule has 1 aromatic carbocycles. The van der Waals surface area contributed by atoms with Crippen LogP contribution in [0.4, 0.5) is 4.39 Å². The molecule has 5 nitrogen and oxygen atoms in total. The highest BCUT2D eigenvalue weighted by molar-refractivity contribution is 7.15. The minimum atomic E-state index is -0.234. The molecule has 0 radical (unpaired) electrons. The topological polar surface area (TPSA) is 78.2 Å². The van der Waals surface area contributed by atoms with Crippen LogP contribution in [-0.4, -0.2) is 20.4 Å². The van der Waals surface area contributed by atoms with Crippen LogP contribution in [0.3, 0.4) is 0 Å². The van der Waals surface area contributed by atoms with E-state index in [2.05, 4.69) is 27.3 Å². The molecular weight excluding hydrogens is 313 g/mol. The second-order valence-corrected chi connectivity index (χ2v) is 6.24. The highest BCUT2D eigenvalue weighted by atomic mass is 32.1. The van der Waals surface area contributed by atoms with Gasteiger partial charge in [0.2, 0.25) is 0 Å². The number of nitrogens with zero attached hydrogens (tertiary/aromatic N) is 4. The molecule has 3 rings (SSSR count). The average molecular weight is 327 g/mol. The number of aryl methyl sites for hydroxylation is 2. The van der Waals surface area contributed by atoms with Crippen LogP contribution in [0.2, 0.25) is 0 Å². The lowest BCUT2D eigenvalue weighted by Crippen LogP contribution is -1.89. The molecule has 0 aliphatic rings. The minimum Gasteiger partial charge on any atom is -0.247 e. The number of thiazole rings is 1. The lowest BCUT2D eigenvalue weighted by molar-refractivity contribution is 0.619. The van der Waals surface area contributed by atoms with E-state index in [4.69, 9.17) is 5.26 Å². The van der Waals surface area contributed by atoms with Crippen LogP contribution in [0.1, 0.15) is 29.5 Å². The molecule has 116 valence electrons. The number of hydrogen-bond acceptors (Lipinski definition) is 5. The molecule has 0 spiro atoms. The largest absolute Gasteiger partial charge is 0.247 e. The Bertz CT molecular complexity index is 890.